The van der Waals surface area contributed by atoms with Crippen LogP contribution in [-0.2, 0) is 26.0 Å². The van der Waals surface area contributed by atoms with Crippen molar-refractivity contribution in [3.05, 3.63) is 65.4 Å². The molecule has 0 amide bonds. The second kappa shape index (κ2) is 7.97. The van der Waals surface area contributed by atoms with Crippen LogP contribution in [0.25, 0.3) is 10.9 Å². The number of methoxy groups -OCH3 is 1. The Kier molecular flexibility index (Phi) is 5.34. The van der Waals surface area contributed by atoms with Gasteiger partial charge in [-0.1, -0.05) is 35.9 Å². The Morgan fingerprint density at radius 1 is 1.15 bits per heavy atom. The molecule has 2 atom stereocenters. The summed E-state index contributed by atoms with van der Waals surface area (Å²) < 4.78 is 34.3. The van der Waals surface area contributed by atoms with Crippen molar-refractivity contribution in [3.8, 4) is 0 Å². The van der Waals surface area contributed by atoms with Gasteiger partial charge in [0, 0.05) is 11.9 Å². The number of ether oxygens (including phenoxy) is 1. The van der Waals surface area contributed by atoms with E-state index in [9.17, 15) is 18.3 Å². The molecule has 174 valence electrons. The lowest BCUT2D eigenvalue weighted by molar-refractivity contribution is -0.154. The third kappa shape index (κ3) is 3.48. The van der Waals surface area contributed by atoms with Gasteiger partial charge < -0.3 is 9.84 Å². The molecule has 3 heterocycles. The minimum absolute atomic E-state index is 0.184. The Morgan fingerprint density at radius 2 is 1.88 bits per heavy atom. The zero-order chi connectivity index (χ0) is 23.4. The van der Waals surface area contributed by atoms with Crippen LogP contribution in [0.4, 0.5) is 0 Å². The van der Waals surface area contributed by atoms with E-state index in [2.05, 4.69) is 4.90 Å². The number of aliphatic hydroxyl groups is 1. The zero-order valence-corrected chi connectivity index (χ0v) is 19.6. The fraction of sp³-hybridized carbons (Fsp3) is 0.400. The summed E-state index contributed by atoms with van der Waals surface area (Å²) in [6.07, 6.45) is 1.62. The van der Waals surface area contributed by atoms with Crippen molar-refractivity contribution in [1.82, 2.24) is 8.87 Å². The molecule has 0 radical (unpaired) electrons. The predicted molar refractivity (Wildman–Crippen MR) is 125 cm³/mol. The van der Waals surface area contributed by atoms with Crippen LogP contribution in [0.1, 0.15) is 42.1 Å². The highest BCUT2D eigenvalue weighted by atomic mass is 32.2. The highest BCUT2D eigenvalue weighted by Gasteiger charge is 2.51. The number of esters is 1. The van der Waals surface area contributed by atoms with E-state index >= 15 is 0 Å². The first-order chi connectivity index (χ1) is 15.8. The Hall–Kier alpha value is -2.68. The van der Waals surface area contributed by atoms with Gasteiger partial charge in [-0.15, -0.1) is 0 Å². The number of fused-ring (bicyclic) bond motifs is 5. The van der Waals surface area contributed by atoms with Crippen LogP contribution < -0.4 is 0 Å². The number of aryl methyl sites for hydroxylation is 1. The van der Waals surface area contributed by atoms with Gasteiger partial charge >= 0.3 is 5.97 Å². The van der Waals surface area contributed by atoms with Gasteiger partial charge in [0.05, 0.1) is 41.3 Å². The summed E-state index contributed by atoms with van der Waals surface area (Å²) in [6, 6.07) is 13.7. The second-order valence-electron chi connectivity index (χ2n) is 9.11. The molecule has 0 spiro atoms. The molecule has 0 saturated carbocycles. The van der Waals surface area contributed by atoms with E-state index in [4.69, 9.17) is 4.74 Å². The van der Waals surface area contributed by atoms with E-state index in [0.717, 1.165) is 29.5 Å². The first kappa shape index (κ1) is 22.1. The van der Waals surface area contributed by atoms with E-state index in [1.807, 2.05) is 31.2 Å². The summed E-state index contributed by atoms with van der Waals surface area (Å²) in [5.41, 5.74) is 1.63. The molecule has 1 N–H and O–H groups in total. The van der Waals surface area contributed by atoms with Crippen molar-refractivity contribution < 1.29 is 23.1 Å². The van der Waals surface area contributed by atoms with Crippen molar-refractivity contribution in [3.63, 3.8) is 0 Å². The summed E-state index contributed by atoms with van der Waals surface area (Å²) in [5, 5.41) is 12.7. The lowest BCUT2D eigenvalue weighted by atomic mass is 9.77. The van der Waals surface area contributed by atoms with Crippen molar-refractivity contribution >= 4 is 26.9 Å². The molecule has 1 aromatic heterocycles. The number of aromatic nitrogens is 1. The molecule has 0 aliphatic carbocycles. The predicted octanol–water partition coefficient (Wildman–Crippen LogP) is 3.17. The second-order valence-corrected chi connectivity index (χ2v) is 10.9. The van der Waals surface area contributed by atoms with Gasteiger partial charge in [-0.3, -0.25) is 9.69 Å². The lowest BCUT2D eigenvalue weighted by Crippen LogP contribution is -2.55. The van der Waals surface area contributed by atoms with Crippen molar-refractivity contribution in [2.24, 2.45) is 0 Å². The van der Waals surface area contributed by atoms with Crippen LogP contribution in [0.3, 0.4) is 0 Å². The minimum Gasteiger partial charge on any atom is -0.469 e. The fourth-order valence-electron chi connectivity index (χ4n) is 5.53. The van der Waals surface area contributed by atoms with Crippen LogP contribution in [0, 0.1) is 6.92 Å². The monoisotopic (exact) mass is 468 g/mol. The molecular weight excluding hydrogens is 440 g/mol. The highest BCUT2D eigenvalue weighted by Crippen LogP contribution is 2.48. The van der Waals surface area contributed by atoms with Gasteiger partial charge in [-0.05, 0) is 56.5 Å². The van der Waals surface area contributed by atoms with E-state index in [0.29, 0.717) is 30.6 Å². The normalized spacial score (nSPS) is 23.2. The Labute approximate surface area is 193 Å². The van der Waals surface area contributed by atoms with Crippen molar-refractivity contribution in [2.75, 3.05) is 20.2 Å². The topological polar surface area (TPSA) is 88.8 Å². The van der Waals surface area contributed by atoms with Gasteiger partial charge in [-0.2, -0.15) is 0 Å². The standard InChI is InChI=1S/C25H28N2O5S/c1-17-8-10-18(11-9-17)33(30,31)27-21-7-4-3-6-19(21)20-12-15-26-14-5-13-25(29,16-22(28)32-2)24(26)23(20)27/h3-4,6-11,24,29H,5,12-16H2,1-2H3/t24-,25+/m1/s1. The quantitative estimate of drug-likeness (QED) is 0.592. The summed E-state index contributed by atoms with van der Waals surface area (Å²) in [7, 11) is -2.65. The molecule has 8 heteroatoms. The Bertz CT molecular complexity index is 1330. The van der Waals surface area contributed by atoms with Crippen LogP contribution in [-0.4, -0.2) is 54.2 Å². The van der Waals surface area contributed by atoms with Crippen LogP contribution in [0.15, 0.2) is 53.4 Å². The number of piperidine rings is 1. The maximum absolute atomic E-state index is 14.0. The van der Waals surface area contributed by atoms with E-state index < -0.39 is 27.6 Å². The van der Waals surface area contributed by atoms with E-state index in [1.165, 1.54) is 11.1 Å². The van der Waals surface area contributed by atoms with Crippen molar-refractivity contribution in [1.29, 1.82) is 0 Å². The number of benzene rings is 2. The molecule has 33 heavy (non-hydrogen) atoms. The maximum Gasteiger partial charge on any atom is 0.308 e. The number of hydrogen-bond donors (Lipinski definition) is 1. The van der Waals surface area contributed by atoms with Gasteiger partial charge in [0.1, 0.15) is 0 Å². The van der Waals surface area contributed by atoms with Crippen LogP contribution >= 0.6 is 0 Å². The molecule has 0 unspecified atom stereocenters. The molecule has 0 bridgehead atoms. The number of hydrogen-bond acceptors (Lipinski definition) is 6. The first-order valence-corrected chi connectivity index (χ1v) is 12.7. The molecule has 2 aliphatic rings. The van der Waals surface area contributed by atoms with Gasteiger partial charge in [-0.25, -0.2) is 12.4 Å². The number of rotatable bonds is 4. The SMILES string of the molecule is COC(=O)C[C@@]1(O)CCCN2CCc3c(n(S(=O)(=O)c4ccc(C)cc4)c4ccccc34)[C@@H]21. The zero-order valence-electron chi connectivity index (χ0n) is 18.8. The molecular formula is C25H28N2O5S. The highest BCUT2D eigenvalue weighted by molar-refractivity contribution is 7.90. The molecule has 2 aromatic carbocycles. The number of carbonyl (C=O) groups is 1. The lowest BCUT2D eigenvalue weighted by Gasteiger charge is -2.49. The summed E-state index contributed by atoms with van der Waals surface area (Å²) in [5.74, 6) is -0.504. The van der Waals surface area contributed by atoms with Crippen LogP contribution in [0.5, 0.6) is 0 Å². The number of para-hydroxylation sites is 1. The smallest absolute Gasteiger partial charge is 0.308 e. The summed E-state index contributed by atoms with van der Waals surface area (Å²) in [4.78, 5) is 14.6. The van der Waals surface area contributed by atoms with Gasteiger partial charge in [0.25, 0.3) is 10.0 Å². The minimum atomic E-state index is -3.95. The third-order valence-electron chi connectivity index (χ3n) is 7.05. The average Bonchev–Trinajstić information content (AvgIpc) is 3.14. The fourth-order valence-corrected chi connectivity index (χ4v) is 7.11. The molecule has 5 rings (SSSR count). The van der Waals surface area contributed by atoms with E-state index in [1.54, 1.807) is 24.3 Å². The largest absolute Gasteiger partial charge is 0.469 e. The van der Waals surface area contributed by atoms with Gasteiger partial charge in [0.2, 0.25) is 0 Å². The van der Waals surface area contributed by atoms with E-state index in [-0.39, 0.29) is 11.3 Å². The molecule has 1 saturated heterocycles. The van der Waals surface area contributed by atoms with Crippen LogP contribution in [0.2, 0.25) is 0 Å². The van der Waals surface area contributed by atoms with Crippen molar-refractivity contribution in [2.45, 2.75) is 49.1 Å². The van der Waals surface area contributed by atoms with Gasteiger partial charge in [0.15, 0.2) is 0 Å². The number of nitrogens with zero attached hydrogens (tertiary/aromatic N) is 2. The summed E-state index contributed by atoms with van der Waals surface area (Å²) in [6.45, 7) is 3.34. The molecule has 2 aliphatic heterocycles. The third-order valence-corrected chi connectivity index (χ3v) is 8.79. The maximum atomic E-state index is 14.0. The summed E-state index contributed by atoms with van der Waals surface area (Å²) >= 11 is 0. The number of carbonyl (C=O) groups excluding carboxylic acids is 1. The Balaban J connectivity index is 1.79. The average molecular weight is 469 g/mol. The Morgan fingerprint density at radius 3 is 2.61 bits per heavy atom. The molecule has 3 aromatic rings. The first-order valence-electron chi connectivity index (χ1n) is 11.2. The molecule has 7 nitrogen and oxygen atoms in total. The molecule has 1 fully saturated rings.